The Balaban J connectivity index is 2.21. The smallest absolute Gasteiger partial charge is 0.182 e. The van der Waals surface area contributed by atoms with E-state index in [0.717, 1.165) is 22.3 Å². The third-order valence-electron chi connectivity index (χ3n) is 3.39. The summed E-state index contributed by atoms with van der Waals surface area (Å²) in [6.45, 7) is 4.36. The van der Waals surface area contributed by atoms with Crippen LogP contribution < -0.4 is 5.73 Å². The van der Waals surface area contributed by atoms with Gasteiger partial charge in [-0.15, -0.1) is 5.10 Å². The summed E-state index contributed by atoms with van der Waals surface area (Å²) < 4.78 is 2.77. The van der Waals surface area contributed by atoms with Gasteiger partial charge in [0.1, 0.15) is 0 Å². The topological polar surface area (TPSA) is 69.6 Å². The number of nitrogen functional groups attached to an aromatic ring is 1. The normalized spacial score (nSPS) is 12.6. The highest BCUT2D eigenvalue weighted by atomic mass is 79.9. The lowest BCUT2D eigenvalue weighted by Crippen LogP contribution is -2.09. The highest BCUT2D eigenvalue weighted by Gasteiger charge is 2.15. The van der Waals surface area contributed by atoms with Gasteiger partial charge in [0, 0.05) is 15.7 Å². The quantitative estimate of drug-likeness (QED) is 0.642. The maximum Gasteiger partial charge on any atom is 0.182 e. The maximum absolute atomic E-state index is 5.93. The standard InChI is InChI=1S/C14H20BrN5/c1-3-4-5-6-10(2)20-14(17-18-19-20)11-7-8-12(15)13(16)9-11/h7-10H,3-6,16H2,1-2H3. The first-order valence-electron chi connectivity index (χ1n) is 6.96. The number of hydrogen-bond acceptors (Lipinski definition) is 4. The van der Waals surface area contributed by atoms with E-state index in [0.29, 0.717) is 5.69 Å². The molecular weight excluding hydrogens is 318 g/mol. The number of aromatic nitrogens is 4. The molecule has 2 N–H and O–H groups in total. The van der Waals surface area contributed by atoms with Crippen LogP contribution in [0.1, 0.15) is 45.6 Å². The maximum atomic E-state index is 5.93. The molecule has 1 aromatic heterocycles. The van der Waals surface area contributed by atoms with Gasteiger partial charge in [0.25, 0.3) is 0 Å². The van der Waals surface area contributed by atoms with Crippen molar-refractivity contribution in [3.63, 3.8) is 0 Å². The molecule has 0 aliphatic carbocycles. The Hall–Kier alpha value is -1.43. The molecule has 0 saturated heterocycles. The average molecular weight is 338 g/mol. The molecule has 108 valence electrons. The second kappa shape index (κ2) is 6.83. The molecule has 1 heterocycles. The number of nitrogens with two attached hydrogens (primary N) is 1. The number of anilines is 1. The van der Waals surface area contributed by atoms with Gasteiger partial charge < -0.3 is 5.73 Å². The van der Waals surface area contributed by atoms with Gasteiger partial charge in [-0.1, -0.05) is 26.2 Å². The minimum Gasteiger partial charge on any atom is -0.398 e. The Morgan fingerprint density at radius 3 is 2.85 bits per heavy atom. The number of unbranched alkanes of at least 4 members (excludes halogenated alkanes) is 2. The number of hydrogen-bond donors (Lipinski definition) is 1. The molecule has 0 bridgehead atoms. The Labute approximate surface area is 127 Å². The number of nitrogens with zero attached hydrogens (tertiary/aromatic N) is 4. The fourth-order valence-electron chi connectivity index (χ4n) is 2.18. The van der Waals surface area contributed by atoms with Crippen molar-refractivity contribution < 1.29 is 0 Å². The third kappa shape index (κ3) is 3.36. The summed E-state index contributed by atoms with van der Waals surface area (Å²) in [6.07, 6.45) is 4.74. The predicted molar refractivity (Wildman–Crippen MR) is 84.2 cm³/mol. The summed E-state index contributed by atoms with van der Waals surface area (Å²) in [5.74, 6) is 0.771. The summed E-state index contributed by atoms with van der Waals surface area (Å²) in [7, 11) is 0. The first kappa shape index (κ1) is 15.0. The van der Waals surface area contributed by atoms with E-state index >= 15 is 0 Å². The molecule has 0 aliphatic rings. The van der Waals surface area contributed by atoms with E-state index in [2.05, 4.69) is 45.3 Å². The number of tetrazole rings is 1. The highest BCUT2D eigenvalue weighted by molar-refractivity contribution is 9.10. The van der Waals surface area contributed by atoms with Gasteiger partial charge >= 0.3 is 0 Å². The van der Waals surface area contributed by atoms with Crippen LogP contribution in [0.25, 0.3) is 11.4 Å². The first-order valence-corrected chi connectivity index (χ1v) is 7.76. The zero-order valence-electron chi connectivity index (χ0n) is 11.9. The lowest BCUT2D eigenvalue weighted by Gasteiger charge is -2.13. The lowest BCUT2D eigenvalue weighted by atomic mass is 10.1. The molecule has 2 rings (SSSR count). The van der Waals surface area contributed by atoms with Gasteiger partial charge in [0.2, 0.25) is 0 Å². The highest BCUT2D eigenvalue weighted by Crippen LogP contribution is 2.27. The van der Waals surface area contributed by atoms with E-state index in [9.17, 15) is 0 Å². The zero-order valence-corrected chi connectivity index (χ0v) is 13.5. The molecular formula is C14H20BrN5. The Morgan fingerprint density at radius 1 is 1.35 bits per heavy atom. The fraction of sp³-hybridized carbons (Fsp3) is 0.500. The molecule has 1 unspecified atom stereocenters. The van der Waals surface area contributed by atoms with E-state index in [1.165, 1.54) is 19.3 Å². The van der Waals surface area contributed by atoms with Crippen LogP contribution in [0.3, 0.4) is 0 Å². The van der Waals surface area contributed by atoms with Gasteiger partial charge in [-0.3, -0.25) is 0 Å². The molecule has 0 aliphatic heterocycles. The fourth-order valence-corrected chi connectivity index (χ4v) is 2.42. The van der Waals surface area contributed by atoms with Crippen molar-refractivity contribution in [2.75, 3.05) is 5.73 Å². The van der Waals surface area contributed by atoms with Crippen LogP contribution in [0.4, 0.5) is 5.69 Å². The molecule has 1 atom stereocenters. The van der Waals surface area contributed by atoms with Crippen molar-refractivity contribution in [1.29, 1.82) is 0 Å². The van der Waals surface area contributed by atoms with Gasteiger partial charge in [0.05, 0.1) is 6.04 Å². The molecule has 0 saturated carbocycles. The van der Waals surface area contributed by atoms with Crippen LogP contribution in [0.15, 0.2) is 22.7 Å². The molecule has 1 aromatic carbocycles. The Kier molecular flexibility index (Phi) is 5.11. The second-order valence-electron chi connectivity index (χ2n) is 5.03. The predicted octanol–water partition coefficient (Wildman–Crippen LogP) is 3.83. The first-order chi connectivity index (χ1) is 9.63. The van der Waals surface area contributed by atoms with E-state index in [1.807, 2.05) is 22.9 Å². The molecule has 0 spiro atoms. The molecule has 0 amide bonds. The summed E-state index contributed by atoms with van der Waals surface area (Å²) in [5, 5.41) is 12.1. The molecule has 5 nitrogen and oxygen atoms in total. The van der Waals surface area contributed by atoms with Gasteiger partial charge in [-0.05, 0) is 57.9 Å². The van der Waals surface area contributed by atoms with E-state index in [1.54, 1.807) is 0 Å². The van der Waals surface area contributed by atoms with E-state index in [-0.39, 0.29) is 6.04 Å². The number of rotatable bonds is 6. The molecule has 0 fully saturated rings. The second-order valence-corrected chi connectivity index (χ2v) is 5.88. The van der Waals surface area contributed by atoms with Crippen LogP contribution in [0.2, 0.25) is 0 Å². The van der Waals surface area contributed by atoms with Crippen molar-refractivity contribution in [2.24, 2.45) is 0 Å². The van der Waals surface area contributed by atoms with Crippen molar-refractivity contribution in [2.45, 2.75) is 45.6 Å². The van der Waals surface area contributed by atoms with Crippen LogP contribution in [0, 0.1) is 0 Å². The van der Waals surface area contributed by atoms with Crippen molar-refractivity contribution >= 4 is 21.6 Å². The number of benzene rings is 1. The van der Waals surface area contributed by atoms with Crippen LogP contribution in [-0.2, 0) is 0 Å². The monoisotopic (exact) mass is 337 g/mol. The van der Waals surface area contributed by atoms with E-state index in [4.69, 9.17) is 5.73 Å². The minimum absolute atomic E-state index is 0.288. The summed E-state index contributed by atoms with van der Waals surface area (Å²) >= 11 is 3.40. The van der Waals surface area contributed by atoms with Crippen LogP contribution >= 0.6 is 15.9 Å². The number of halogens is 1. The summed E-state index contributed by atoms with van der Waals surface area (Å²) in [5.41, 5.74) is 7.56. The van der Waals surface area contributed by atoms with Gasteiger partial charge in [-0.2, -0.15) is 0 Å². The van der Waals surface area contributed by atoms with Gasteiger partial charge in [0.15, 0.2) is 5.82 Å². The lowest BCUT2D eigenvalue weighted by molar-refractivity contribution is 0.432. The van der Waals surface area contributed by atoms with Crippen molar-refractivity contribution in [3.05, 3.63) is 22.7 Å². The zero-order chi connectivity index (χ0) is 14.5. The van der Waals surface area contributed by atoms with Crippen molar-refractivity contribution in [3.8, 4) is 11.4 Å². The molecule has 6 heteroatoms. The molecule has 2 aromatic rings. The Morgan fingerprint density at radius 2 is 2.15 bits per heavy atom. The minimum atomic E-state index is 0.288. The Bertz CT molecular complexity index is 566. The largest absolute Gasteiger partial charge is 0.398 e. The van der Waals surface area contributed by atoms with Crippen molar-refractivity contribution in [1.82, 2.24) is 20.2 Å². The van der Waals surface area contributed by atoms with Gasteiger partial charge in [-0.25, -0.2) is 4.68 Å². The summed E-state index contributed by atoms with van der Waals surface area (Å²) in [4.78, 5) is 0. The van der Waals surface area contributed by atoms with Crippen LogP contribution in [0.5, 0.6) is 0 Å². The third-order valence-corrected chi connectivity index (χ3v) is 4.11. The van der Waals surface area contributed by atoms with Crippen LogP contribution in [-0.4, -0.2) is 20.2 Å². The van der Waals surface area contributed by atoms with E-state index < -0.39 is 0 Å². The average Bonchev–Trinajstić information content (AvgIpc) is 2.91. The molecule has 0 radical (unpaired) electrons. The SMILES string of the molecule is CCCCCC(C)n1nnnc1-c1ccc(Br)c(N)c1. The summed E-state index contributed by atoms with van der Waals surface area (Å²) in [6, 6.07) is 6.08. The molecule has 20 heavy (non-hydrogen) atoms.